The number of ether oxygens (including phenoxy) is 1. The van der Waals surface area contributed by atoms with E-state index in [1.807, 2.05) is 31.2 Å². The van der Waals surface area contributed by atoms with Gasteiger partial charge in [-0.05, 0) is 38.2 Å². The molecule has 1 aromatic carbocycles. The van der Waals surface area contributed by atoms with E-state index in [2.05, 4.69) is 6.92 Å². The van der Waals surface area contributed by atoms with Crippen LogP contribution in [0.15, 0.2) is 24.3 Å². The number of aryl methyl sites for hydroxylation is 1. The van der Waals surface area contributed by atoms with Crippen molar-refractivity contribution in [1.29, 1.82) is 0 Å². The molecule has 0 bridgehead atoms. The molecule has 1 unspecified atom stereocenters. The first-order chi connectivity index (χ1) is 10.1. The average molecular weight is 288 g/mol. The van der Waals surface area contributed by atoms with Crippen LogP contribution in [0, 0.1) is 5.41 Å². The fourth-order valence-corrected chi connectivity index (χ4v) is 3.07. The van der Waals surface area contributed by atoms with Crippen molar-refractivity contribution in [2.75, 3.05) is 6.61 Å². The molecule has 0 spiro atoms. The van der Waals surface area contributed by atoms with Crippen LogP contribution in [0.3, 0.4) is 0 Å². The summed E-state index contributed by atoms with van der Waals surface area (Å²) in [5, 5.41) is 0. The Morgan fingerprint density at radius 2 is 2.05 bits per heavy atom. The van der Waals surface area contributed by atoms with E-state index in [-0.39, 0.29) is 17.2 Å². The van der Waals surface area contributed by atoms with Crippen LogP contribution in [0.2, 0.25) is 0 Å². The number of ketones is 1. The first-order valence-corrected chi connectivity index (χ1v) is 7.85. The van der Waals surface area contributed by atoms with E-state index in [1.165, 1.54) is 5.56 Å². The SMILES string of the molecule is CCOC(=O)CCCCC1(C)CCc2ccccc2C1=O. The molecule has 0 saturated heterocycles. The van der Waals surface area contributed by atoms with E-state index in [4.69, 9.17) is 4.74 Å². The van der Waals surface area contributed by atoms with Crippen molar-refractivity contribution in [2.24, 2.45) is 5.41 Å². The van der Waals surface area contributed by atoms with Crippen molar-refractivity contribution in [3.05, 3.63) is 35.4 Å². The Balaban J connectivity index is 1.89. The zero-order chi connectivity index (χ0) is 15.3. The van der Waals surface area contributed by atoms with E-state index < -0.39 is 0 Å². The zero-order valence-electron chi connectivity index (χ0n) is 13.0. The van der Waals surface area contributed by atoms with Gasteiger partial charge in [0.1, 0.15) is 0 Å². The summed E-state index contributed by atoms with van der Waals surface area (Å²) in [5.74, 6) is 0.128. The number of rotatable bonds is 6. The summed E-state index contributed by atoms with van der Waals surface area (Å²) in [6, 6.07) is 7.92. The van der Waals surface area contributed by atoms with Crippen molar-refractivity contribution in [3.8, 4) is 0 Å². The Kier molecular flexibility index (Phi) is 5.16. The molecule has 0 aliphatic heterocycles. The van der Waals surface area contributed by atoms with E-state index in [9.17, 15) is 9.59 Å². The normalized spacial score (nSPS) is 21.0. The smallest absolute Gasteiger partial charge is 0.305 e. The van der Waals surface area contributed by atoms with Crippen molar-refractivity contribution >= 4 is 11.8 Å². The number of carbonyl (C=O) groups excluding carboxylic acids is 2. The van der Waals surface area contributed by atoms with Gasteiger partial charge in [-0.15, -0.1) is 0 Å². The molecule has 114 valence electrons. The lowest BCUT2D eigenvalue weighted by Gasteiger charge is -2.33. The topological polar surface area (TPSA) is 43.4 Å². The second kappa shape index (κ2) is 6.88. The van der Waals surface area contributed by atoms with E-state index in [0.29, 0.717) is 13.0 Å². The molecule has 3 nitrogen and oxygen atoms in total. The molecule has 0 aromatic heterocycles. The van der Waals surface area contributed by atoms with Gasteiger partial charge in [0, 0.05) is 17.4 Å². The predicted molar refractivity (Wildman–Crippen MR) is 82.3 cm³/mol. The van der Waals surface area contributed by atoms with Crippen molar-refractivity contribution in [1.82, 2.24) is 0 Å². The minimum absolute atomic E-state index is 0.136. The van der Waals surface area contributed by atoms with Gasteiger partial charge in [0.25, 0.3) is 0 Å². The van der Waals surface area contributed by atoms with Crippen LogP contribution >= 0.6 is 0 Å². The van der Waals surface area contributed by atoms with Gasteiger partial charge in [0.15, 0.2) is 5.78 Å². The molecule has 1 aliphatic rings. The maximum Gasteiger partial charge on any atom is 0.305 e. The van der Waals surface area contributed by atoms with Crippen LogP contribution in [-0.2, 0) is 16.0 Å². The molecule has 0 radical (unpaired) electrons. The highest BCUT2D eigenvalue weighted by molar-refractivity contribution is 6.02. The van der Waals surface area contributed by atoms with E-state index in [0.717, 1.165) is 37.7 Å². The van der Waals surface area contributed by atoms with Crippen LogP contribution in [0.4, 0.5) is 0 Å². The summed E-state index contributed by atoms with van der Waals surface area (Å²) in [5.41, 5.74) is 1.78. The fraction of sp³-hybridized carbons (Fsp3) is 0.556. The fourth-order valence-electron chi connectivity index (χ4n) is 3.07. The van der Waals surface area contributed by atoms with Crippen molar-refractivity contribution in [3.63, 3.8) is 0 Å². The van der Waals surface area contributed by atoms with E-state index in [1.54, 1.807) is 0 Å². The quantitative estimate of drug-likeness (QED) is 0.588. The highest BCUT2D eigenvalue weighted by Gasteiger charge is 2.37. The molecule has 3 heteroatoms. The third-order valence-electron chi connectivity index (χ3n) is 4.42. The van der Waals surface area contributed by atoms with E-state index >= 15 is 0 Å². The molecule has 0 amide bonds. The van der Waals surface area contributed by atoms with Gasteiger partial charge in [0.2, 0.25) is 0 Å². The molecule has 0 heterocycles. The van der Waals surface area contributed by atoms with Gasteiger partial charge >= 0.3 is 5.97 Å². The van der Waals surface area contributed by atoms with Gasteiger partial charge in [-0.25, -0.2) is 0 Å². The molecule has 1 atom stereocenters. The average Bonchev–Trinajstić information content (AvgIpc) is 2.49. The van der Waals surface area contributed by atoms with Gasteiger partial charge < -0.3 is 4.74 Å². The molecule has 1 aliphatic carbocycles. The molecule has 21 heavy (non-hydrogen) atoms. The van der Waals surface area contributed by atoms with Crippen LogP contribution in [0.5, 0.6) is 0 Å². The lowest BCUT2D eigenvalue weighted by molar-refractivity contribution is -0.143. The Morgan fingerprint density at radius 1 is 1.29 bits per heavy atom. The Hall–Kier alpha value is -1.64. The number of carbonyl (C=O) groups is 2. The second-order valence-electron chi connectivity index (χ2n) is 6.06. The molecular formula is C18H24O3. The second-order valence-corrected chi connectivity index (χ2v) is 6.06. The Morgan fingerprint density at radius 3 is 2.81 bits per heavy atom. The minimum atomic E-state index is -0.275. The molecule has 1 aromatic rings. The van der Waals surface area contributed by atoms with Crippen molar-refractivity contribution in [2.45, 2.75) is 52.4 Å². The number of hydrogen-bond donors (Lipinski definition) is 0. The number of fused-ring (bicyclic) bond motifs is 1. The summed E-state index contributed by atoms with van der Waals surface area (Å²) < 4.78 is 4.92. The third-order valence-corrected chi connectivity index (χ3v) is 4.42. The predicted octanol–water partition coefficient (Wildman–Crippen LogP) is 3.95. The van der Waals surface area contributed by atoms with Crippen LogP contribution in [0.1, 0.15) is 61.9 Å². The number of unbranched alkanes of at least 4 members (excludes halogenated alkanes) is 1. The first-order valence-electron chi connectivity index (χ1n) is 7.85. The first kappa shape index (κ1) is 15.7. The third kappa shape index (κ3) is 3.72. The molecule has 2 rings (SSSR count). The van der Waals surface area contributed by atoms with Gasteiger partial charge in [-0.3, -0.25) is 9.59 Å². The monoisotopic (exact) mass is 288 g/mol. The minimum Gasteiger partial charge on any atom is -0.466 e. The zero-order valence-corrected chi connectivity index (χ0v) is 13.0. The number of hydrogen-bond acceptors (Lipinski definition) is 3. The number of esters is 1. The summed E-state index contributed by atoms with van der Waals surface area (Å²) in [6.07, 6.45) is 4.86. The van der Waals surface area contributed by atoms with Gasteiger partial charge in [-0.2, -0.15) is 0 Å². The highest BCUT2D eigenvalue weighted by Crippen LogP contribution is 2.39. The highest BCUT2D eigenvalue weighted by atomic mass is 16.5. The summed E-state index contributed by atoms with van der Waals surface area (Å²) in [6.45, 7) is 4.32. The lowest BCUT2D eigenvalue weighted by Crippen LogP contribution is -2.33. The summed E-state index contributed by atoms with van der Waals surface area (Å²) in [4.78, 5) is 24.0. The summed E-state index contributed by atoms with van der Waals surface area (Å²) in [7, 11) is 0. The van der Waals surface area contributed by atoms with Crippen LogP contribution in [-0.4, -0.2) is 18.4 Å². The number of Topliss-reactive ketones (excluding diaryl/α,β-unsaturated/α-hetero) is 1. The number of benzene rings is 1. The molecule has 0 fully saturated rings. The molecule has 0 N–H and O–H groups in total. The standard InChI is InChI=1S/C18H24O3/c1-3-21-16(19)10-6-7-12-18(2)13-11-14-8-4-5-9-15(14)17(18)20/h4-5,8-9H,3,6-7,10-13H2,1-2H3. The maximum atomic E-state index is 12.7. The largest absolute Gasteiger partial charge is 0.466 e. The van der Waals surface area contributed by atoms with Crippen LogP contribution < -0.4 is 0 Å². The maximum absolute atomic E-state index is 12.7. The molecular weight excluding hydrogens is 264 g/mol. The Bertz CT molecular complexity index is 521. The molecule has 0 saturated carbocycles. The lowest BCUT2D eigenvalue weighted by atomic mass is 9.69. The van der Waals surface area contributed by atoms with Crippen LogP contribution in [0.25, 0.3) is 0 Å². The van der Waals surface area contributed by atoms with Crippen molar-refractivity contribution < 1.29 is 14.3 Å². The summed E-state index contributed by atoms with van der Waals surface area (Å²) >= 11 is 0. The van der Waals surface area contributed by atoms with Gasteiger partial charge in [-0.1, -0.05) is 37.6 Å². The Labute approximate surface area is 126 Å². The van der Waals surface area contributed by atoms with Gasteiger partial charge in [0.05, 0.1) is 6.61 Å².